The molecule has 0 aliphatic heterocycles. The number of fused-ring (bicyclic) bond motifs is 2. The molecule has 3 aromatic carbocycles. The van der Waals surface area contributed by atoms with Crippen molar-refractivity contribution in [3.8, 4) is 11.1 Å². The van der Waals surface area contributed by atoms with Crippen LogP contribution in [0.2, 0.25) is 0 Å². The molecule has 136 valence electrons. The minimum atomic E-state index is -0.0999. The summed E-state index contributed by atoms with van der Waals surface area (Å²) in [6.45, 7) is 12.6. The number of hydrogen-bond donors (Lipinski definition) is 0. The third-order valence-corrected chi connectivity index (χ3v) is 6.12. The summed E-state index contributed by atoms with van der Waals surface area (Å²) < 4.78 is 0. The summed E-state index contributed by atoms with van der Waals surface area (Å²) in [4.78, 5) is 0. The lowest BCUT2D eigenvalue weighted by molar-refractivity contribution is 0.863. The van der Waals surface area contributed by atoms with Gasteiger partial charge in [-0.3, -0.25) is 0 Å². The molecule has 0 aromatic heterocycles. The second-order valence-electron chi connectivity index (χ2n) is 8.47. The summed E-state index contributed by atoms with van der Waals surface area (Å²) >= 11 is 0. The second-order valence-corrected chi connectivity index (χ2v) is 8.47. The van der Waals surface area contributed by atoms with Crippen LogP contribution in [0.25, 0.3) is 34.1 Å². The van der Waals surface area contributed by atoms with E-state index >= 15 is 0 Å². The fourth-order valence-corrected chi connectivity index (χ4v) is 5.09. The summed E-state index contributed by atoms with van der Waals surface area (Å²) in [5, 5.41) is 5.20. The first-order chi connectivity index (χ1) is 13.4. The highest BCUT2D eigenvalue weighted by molar-refractivity contribution is 6.44. The zero-order valence-electron chi connectivity index (χ0n) is 17.3. The van der Waals surface area contributed by atoms with E-state index in [1.807, 2.05) is 12.2 Å². The Morgan fingerprint density at radius 3 is 2.18 bits per heavy atom. The topological polar surface area (TPSA) is 0 Å². The summed E-state index contributed by atoms with van der Waals surface area (Å²) in [7, 11) is 4.70. The SMILES string of the molecule is BC1(B)c2ccccc2-c2cccc3c(C(C)C)c(=C/C=C)/c(=C\C=C)c1c23. The minimum absolute atomic E-state index is 0.0999. The number of benzene rings is 3. The predicted molar refractivity (Wildman–Crippen MR) is 130 cm³/mol. The Bertz CT molecular complexity index is 1240. The average Bonchev–Trinajstić information content (AvgIpc) is 2.67. The summed E-state index contributed by atoms with van der Waals surface area (Å²) in [6.07, 6.45) is 8.18. The van der Waals surface area contributed by atoms with E-state index in [4.69, 9.17) is 0 Å². The summed E-state index contributed by atoms with van der Waals surface area (Å²) in [5.74, 6) is 0.410. The Morgan fingerprint density at radius 1 is 0.857 bits per heavy atom. The van der Waals surface area contributed by atoms with E-state index < -0.39 is 0 Å². The molecule has 0 unspecified atom stereocenters. The fraction of sp³-hybridized carbons (Fsp3) is 0.154. The van der Waals surface area contributed by atoms with Crippen molar-refractivity contribution in [3.05, 3.63) is 94.9 Å². The van der Waals surface area contributed by atoms with Crippen molar-refractivity contribution in [1.82, 2.24) is 0 Å². The Kier molecular flexibility index (Phi) is 4.46. The number of hydrogen-bond acceptors (Lipinski definition) is 0. The van der Waals surface area contributed by atoms with Gasteiger partial charge in [0.05, 0.1) is 0 Å². The molecular weight excluding hydrogens is 334 g/mol. The van der Waals surface area contributed by atoms with Gasteiger partial charge < -0.3 is 0 Å². The lowest BCUT2D eigenvalue weighted by Crippen LogP contribution is -2.44. The molecule has 4 rings (SSSR count). The molecule has 0 radical (unpaired) electrons. The van der Waals surface area contributed by atoms with Crippen LogP contribution in [0.4, 0.5) is 0 Å². The molecular formula is C26H26B2. The van der Waals surface area contributed by atoms with Crippen LogP contribution in [0.15, 0.2) is 67.8 Å². The molecule has 0 saturated heterocycles. The van der Waals surface area contributed by atoms with E-state index in [-0.39, 0.29) is 5.21 Å². The minimum Gasteiger partial charge on any atom is -0.0990 e. The molecule has 2 heteroatoms. The number of rotatable bonds is 3. The molecule has 28 heavy (non-hydrogen) atoms. The van der Waals surface area contributed by atoms with Crippen LogP contribution < -0.4 is 10.4 Å². The highest BCUT2D eigenvalue weighted by Gasteiger charge is 2.34. The fourth-order valence-electron chi connectivity index (χ4n) is 5.09. The quantitative estimate of drug-likeness (QED) is 0.629. The molecule has 0 N–H and O–H groups in total. The van der Waals surface area contributed by atoms with Gasteiger partial charge in [-0.15, -0.1) is 0 Å². The van der Waals surface area contributed by atoms with Crippen molar-refractivity contribution in [3.63, 3.8) is 0 Å². The normalized spacial score (nSPS) is 15.7. The molecule has 0 atom stereocenters. The Hall–Kier alpha value is -2.73. The first-order valence-electron chi connectivity index (χ1n) is 10.1. The van der Waals surface area contributed by atoms with Gasteiger partial charge in [0, 0.05) is 0 Å². The molecule has 0 fully saturated rings. The Morgan fingerprint density at radius 2 is 1.50 bits per heavy atom. The van der Waals surface area contributed by atoms with Gasteiger partial charge >= 0.3 is 0 Å². The van der Waals surface area contributed by atoms with Crippen LogP contribution in [0.1, 0.15) is 36.5 Å². The number of allylic oxidation sites excluding steroid dienone is 2. The standard InChI is InChI=1S/C26H26B2/c1-5-10-18-20(11-6-2)25-24-19(13-9-14-21(24)23(18)16(3)4)17-12-7-8-15-22(17)26(25,27)28/h5-16H,1-2,27-28H2,3-4H3/b18-10+,20-11+. The Balaban J connectivity index is 2.43. The zero-order valence-corrected chi connectivity index (χ0v) is 17.3. The van der Waals surface area contributed by atoms with Crippen molar-refractivity contribution in [1.29, 1.82) is 0 Å². The van der Waals surface area contributed by atoms with E-state index in [2.05, 4.69) is 97.3 Å². The van der Waals surface area contributed by atoms with Gasteiger partial charge in [-0.2, -0.15) is 0 Å². The van der Waals surface area contributed by atoms with Crippen molar-refractivity contribution < 1.29 is 0 Å². The van der Waals surface area contributed by atoms with Crippen LogP contribution in [0.3, 0.4) is 0 Å². The first-order valence-corrected chi connectivity index (χ1v) is 10.1. The molecule has 1 aliphatic carbocycles. The van der Waals surface area contributed by atoms with Crippen LogP contribution >= 0.6 is 0 Å². The highest BCUT2D eigenvalue weighted by Crippen LogP contribution is 2.45. The molecule has 1 aliphatic rings. The summed E-state index contributed by atoms with van der Waals surface area (Å²) in [5.41, 5.74) is 6.87. The average molecular weight is 360 g/mol. The maximum atomic E-state index is 4.02. The zero-order chi connectivity index (χ0) is 20.1. The van der Waals surface area contributed by atoms with E-state index in [0.29, 0.717) is 5.92 Å². The van der Waals surface area contributed by atoms with Crippen LogP contribution in [0.5, 0.6) is 0 Å². The van der Waals surface area contributed by atoms with Gasteiger partial charge in [-0.1, -0.05) is 93.8 Å². The third-order valence-electron chi connectivity index (χ3n) is 6.12. The molecule has 0 saturated carbocycles. The maximum absolute atomic E-state index is 4.02. The van der Waals surface area contributed by atoms with Gasteiger partial charge in [0.25, 0.3) is 0 Å². The van der Waals surface area contributed by atoms with E-state index in [9.17, 15) is 0 Å². The van der Waals surface area contributed by atoms with Crippen molar-refractivity contribution in [2.45, 2.75) is 25.0 Å². The largest absolute Gasteiger partial charge is 0.110 e. The highest BCUT2D eigenvalue weighted by atomic mass is 14.3. The van der Waals surface area contributed by atoms with Gasteiger partial charge in [-0.25, -0.2) is 0 Å². The maximum Gasteiger partial charge on any atom is 0.110 e. The smallest absolute Gasteiger partial charge is 0.0990 e. The van der Waals surface area contributed by atoms with E-state index in [1.165, 1.54) is 49.0 Å². The molecule has 0 spiro atoms. The van der Waals surface area contributed by atoms with E-state index in [1.54, 1.807) is 0 Å². The van der Waals surface area contributed by atoms with Gasteiger partial charge in [0.15, 0.2) is 0 Å². The monoisotopic (exact) mass is 360 g/mol. The van der Waals surface area contributed by atoms with E-state index in [0.717, 1.165) is 0 Å². The molecule has 0 amide bonds. The van der Waals surface area contributed by atoms with Crippen molar-refractivity contribution in [2.75, 3.05) is 0 Å². The van der Waals surface area contributed by atoms with Crippen molar-refractivity contribution >= 4 is 38.6 Å². The van der Waals surface area contributed by atoms with Crippen molar-refractivity contribution in [2.24, 2.45) is 0 Å². The predicted octanol–water partition coefficient (Wildman–Crippen LogP) is 3.34. The van der Waals surface area contributed by atoms with Crippen LogP contribution in [-0.4, -0.2) is 15.7 Å². The van der Waals surface area contributed by atoms with Crippen LogP contribution in [-0.2, 0) is 5.21 Å². The molecule has 0 nitrogen and oxygen atoms in total. The molecule has 0 heterocycles. The Labute approximate surface area is 169 Å². The molecule has 0 bridgehead atoms. The third kappa shape index (κ3) is 2.48. The second kappa shape index (κ2) is 6.71. The first kappa shape index (κ1) is 18.6. The molecule has 3 aromatic rings. The van der Waals surface area contributed by atoms with Gasteiger partial charge in [-0.05, 0) is 60.2 Å². The van der Waals surface area contributed by atoms with Gasteiger partial charge in [0.2, 0.25) is 0 Å². The lowest BCUT2D eigenvalue weighted by atomic mass is 9.44. The van der Waals surface area contributed by atoms with Gasteiger partial charge in [0.1, 0.15) is 15.7 Å². The summed E-state index contributed by atoms with van der Waals surface area (Å²) in [6, 6.07) is 15.6. The lowest BCUT2D eigenvalue weighted by Gasteiger charge is -2.37. The van der Waals surface area contributed by atoms with Crippen LogP contribution in [0, 0.1) is 0 Å².